The minimum atomic E-state index is -0.417. The maximum atomic E-state index is 10.2. The molecule has 2 radical (unpaired) electrons. The van der Waals surface area contributed by atoms with Crippen LogP contribution in [0.5, 0.6) is 0 Å². The van der Waals surface area contributed by atoms with Crippen LogP contribution in [0.15, 0.2) is 0 Å². The number of hydrogen-bond acceptors (Lipinski definition) is 4. The van der Waals surface area contributed by atoms with Gasteiger partial charge in [-0.15, -0.1) is 12.2 Å². The molecule has 0 bridgehead atoms. The molecule has 0 aromatic carbocycles. The van der Waals surface area contributed by atoms with E-state index in [1.165, 1.54) is 6.92 Å². The summed E-state index contributed by atoms with van der Waals surface area (Å²) in [5, 5.41) is 19.1. The SMILES string of the molecule is CC(C)[O-].CC(C)[O-].[C]#CCCCCOC(C)=O.[Cl-].[Ti+3]. The summed E-state index contributed by atoms with van der Waals surface area (Å²) in [6.45, 7) is 8.31. The molecule has 0 aromatic heterocycles. The second kappa shape index (κ2) is 27.3. The number of unbranched alkanes of at least 4 members (excludes halogenated alkanes) is 2. The molecule has 0 spiro atoms. The standard InChI is InChI=1S/C8H11O2.2C3H7O.ClH.Ti/c1-3-4-5-6-7-10-8(2)9;2*1-3(2)4;;/h4-7H2,2H3;2*3H,1-2H3;1H;/q;2*-1;;+3/p-1. The summed E-state index contributed by atoms with van der Waals surface area (Å²) in [4.78, 5) is 10.2. The molecule has 116 valence electrons. The number of ether oxygens (including phenoxy) is 1. The van der Waals surface area contributed by atoms with Crippen LogP contribution < -0.4 is 22.6 Å². The Bertz CT molecular complexity index is 204. The Balaban J connectivity index is -0.0000000637. The summed E-state index contributed by atoms with van der Waals surface area (Å²) in [5.41, 5.74) is 0. The summed E-state index contributed by atoms with van der Waals surface area (Å²) < 4.78 is 4.66. The molecular formula is C14H25ClO4Ti. The van der Waals surface area contributed by atoms with Crippen molar-refractivity contribution in [3.8, 4) is 5.92 Å². The molecule has 0 aliphatic carbocycles. The first-order chi connectivity index (χ1) is 8.23. The van der Waals surface area contributed by atoms with Crippen molar-refractivity contribution >= 4 is 5.97 Å². The molecule has 0 atom stereocenters. The van der Waals surface area contributed by atoms with Gasteiger partial charge in [0.05, 0.1) is 6.61 Å². The van der Waals surface area contributed by atoms with Gasteiger partial charge in [-0.25, -0.2) is 0 Å². The van der Waals surface area contributed by atoms with Gasteiger partial charge in [-0.3, -0.25) is 4.79 Å². The first kappa shape index (κ1) is 32.1. The van der Waals surface area contributed by atoms with E-state index in [1.54, 1.807) is 27.7 Å². The van der Waals surface area contributed by atoms with Crippen molar-refractivity contribution in [1.82, 2.24) is 0 Å². The fourth-order valence-electron chi connectivity index (χ4n) is 0.531. The molecule has 4 nitrogen and oxygen atoms in total. The van der Waals surface area contributed by atoms with Crippen LogP contribution >= 0.6 is 0 Å². The number of esters is 1. The fraction of sp³-hybridized carbons (Fsp3) is 0.786. The van der Waals surface area contributed by atoms with Crippen molar-refractivity contribution in [2.75, 3.05) is 6.61 Å². The summed E-state index contributed by atoms with van der Waals surface area (Å²) >= 11 is 0. The van der Waals surface area contributed by atoms with E-state index in [0.717, 1.165) is 12.8 Å². The minimum absolute atomic E-state index is 0. The first-order valence-electron chi connectivity index (χ1n) is 6.08. The Kier molecular flexibility index (Phi) is 43.8. The number of carbonyl (C=O) groups is 1. The maximum absolute atomic E-state index is 10.2. The smallest absolute Gasteiger partial charge is 1.00 e. The van der Waals surface area contributed by atoms with E-state index in [2.05, 4.69) is 10.7 Å². The van der Waals surface area contributed by atoms with Gasteiger partial charge in [0.1, 0.15) is 0 Å². The van der Waals surface area contributed by atoms with Gasteiger partial charge in [0.15, 0.2) is 0 Å². The molecule has 0 rings (SSSR count). The number of carbonyl (C=O) groups excluding carboxylic acids is 1. The molecule has 0 heterocycles. The van der Waals surface area contributed by atoms with Crippen molar-refractivity contribution in [1.29, 1.82) is 0 Å². The van der Waals surface area contributed by atoms with Crippen LogP contribution in [0.1, 0.15) is 53.9 Å². The van der Waals surface area contributed by atoms with E-state index in [-0.39, 0.29) is 40.1 Å². The van der Waals surface area contributed by atoms with Crippen molar-refractivity contribution in [2.24, 2.45) is 0 Å². The first-order valence-corrected chi connectivity index (χ1v) is 6.08. The third-order valence-corrected chi connectivity index (χ3v) is 1.00. The van der Waals surface area contributed by atoms with Gasteiger partial charge in [-0.2, -0.15) is 0 Å². The molecule has 0 amide bonds. The molecule has 0 aromatic rings. The molecule has 0 saturated carbocycles. The molecule has 0 saturated heterocycles. The van der Waals surface area contributed by atoms with Gasteiger partial charge in [0.2, 0.25) is 0 Å². The summed E-state index contributed by atoms with van der Waals surface area (Å²) in [6.07, 6.45) is 8.08. The van der Waals surface area contributed by atoms with E-state index in [4.69, 9.17) is 6.42 Å². The number of hydrogen-bond donors (Lipinski definition) is 0. The molecular weight excluding hydrogens is 315 g/mol. The van der Waals surface area contributed by atoms with E-state index in [1.807, 2.05) is 0 Å². The second-order valence-electron chi connectivity index (χ2n) is 4.07. The zero-order valence-corrected chi connectivity index (χ0v) is 15.3. The Morgan fingerprint density at radius 3 is 1.75 bits per heavy atom. The molecule has 0 fully saturated rings. The van der Waals surface area contributed by atoms with Crippen molar-refractivity contribution < 1.29 is 53.9 Å². The molecule has 20 heavy (non-hydrogen) atoms. The van der Waals surface area contributed by atoms with Crippen LogP contribution in [0.3, 0.4) is 0 Å². The average molecular weight is 341 g/mol. The molecule has 0 aliphatic heterocycles. The van der Waals surface area contributed by atoms with Gasteiger partial charge >= 0.3 is 27.7 Å². The largest absolute Gasteiger partial charge is 3.00 e. The van der Waals surface area contributed by atoms with Crippen LogP contribution in [-0.4, -0.2) is 24.8 Å². The van der Waals surface area contributed by atoms with E-state index in [0.29, 0.717) is 13.0 Å². The second-order valence-corrected chi connectivity index (χ2v) is 4.07. The Hall–Kier alpha value is -0.0457. The van der Waals surface area contributed by atoms with Crippen molar-refractivity contribution in [2.45, 2.75) is 66.1 Å². The predicted molar refractivity (Wildman–Crippen MR) is 67.9 cm³/mol. The topological polar surface area (TPSA) is 72.4 Å². The van der Waals surface area contributed by atoms with E-state index < -0.39 is 12.2 Å². The summed E-state index contributed by atoms with van der Waals surface area (Å²) in [7, 11) is 0. The third-order valence-electron chi connectivity index (χ3n) is 1.00. The van der Waals surface area contributed by atoms with Crippen LogP contribution in [0.25, 0.3) is 0 Å². The molecule has 6 heteroatoms. The Morgan fingerprint density at radius 1 is 1.15 bits per heavy atom. The summed E-state index contributed by atoms with van der Waals surface area (Å²) in [6, 6.07) is 0. The normalized spacial score (nSPS) is 7.80. The molecule has 0 unspecified atom stereocenters. The molecule has 0 N–H and O–H groups in total. The van der Waals surface area contributed by atoms with Gasteiger partial charge < -0.3 is 27.4 Å². The van der Waals surface area contributed by atoms with Gasteiger partial charge in [-0.05, 0) is 19.3 Å². The van der Waals surface area contributed by atoms with Gasteiger partial charge in [-0.1, -0.05) is 33.6 Å². The van der Waals surface area contributed by atoms with Crippen molar-refractivity contribution in [3.05, 3.63) is 6.42 Å². The minimum Gasteiger partial charge on any atom is -1.00 e. The summed E-state index contributed by atoms with van der Waals surface area (Å²) in [5.74, 6) is 2.03. The van der Waals surface area contributed by atoms with Crippen LogP contribution in [0, 0.1) is 12.3 Å². The Labute approximate surface area is 145 Å². The monoisotopic (exact) mass is 340 g/mol. The van der Waals surface area contributed by atoms with Gasteiger partial charge in [0.25, 0.3) is 0 Å². The quantitative estimate of drug-likeness (QED) is 0.252. The third kappa shape index (κ3) is 107. The zero-order chi connectivity index (χ0) is 15.0. The van der Waals surface area contributed by atoms with Crippen molar-refractivity contribution in [3.63, 3.8) is 0 Å². The number of rotatable bonds is 4. The Morgan fingerprint density at radius 2 is 1.50 bits per heavy atom. The van der Waals surface area contributed by atoms with Crippen LogP contribution in [-0.2, 0) is 31.2 Å². The van der Waals surface area contributed by atoms with Crippen LogP contribution in [0.4, 0.5) is 0 Å². The molecule has 0 aliphatic rings. The number of halogens is 1. The van der Waals surface area contributed by atoms with Crippen LogP contribution in [0.2, 0.25) is 0 Å². The van der Waals surface area contributed by atoms with Gasteiger partial charge in [0, 0.05) is 13.3 Å². The zero-order valence-electron chi connectivity index (χ0n) is 13.0. The maximum Gasteiger partial charge on any atom is 3.00 e. The van der Waals surface area contributed by atoms with E-state index >= 15 is 0 Å². The predicted octanol–water partition coefficient (Wildman–Crippen LogP) is -2.18. The van der Waals surface area contributed by atoms with E-state index in [9.17, 15) is 15.0 Å². The fourth-order valence-corrected chi connectivity index (χ4v) is 0.531. The average Bonchev–Trinajstić information content (AvgIpc) is 2.15.